The number of nitrogens with one attached hydrogen (secondary N) is 1. The van der Waals surface area contributed by atoms with Gasteiger partial charge in [0.2, 0.25) is 0 Å². The van der Waals surface area contributed by atoms with Gasteiger partial charge in [-0.15, -0.1) is 0 Å². The Bertz CT molecular complexity index is 380. The van der Waals surface area contributed by atoms with Crippen molar-refractivity contribution in [3.8, 4) is 5.75 Å². The van der Waals surface area contributed by atoms with Crippen molar-refractivity contribution in [3.63, 3.8) is 0 Å². The van der Waals surface area contributed by atoms with Crippen LogP contribution in [-0.2, 0) is 6.54 Å². The lowest BCUT2D eigenvalue weighted by Crippen LogP contribution is -2.06. The number of unbranched alkanes of at least 4 members (excludes halogenated alkanes) is 1. The van der Waals surface area contributed by atoms with Crippen LogP contribution >= 0.6 is 0 Å². The molecule has 94 valence electrons. The molecule has 0 radical (unpaired) electrons. The lowest BCUT2D eigenvalue weighted by atomic mass is 10.2. The van der Waals surface area contributed by atoms with Crippen LogP contribution < -0.4 is 10.1 Å². The van der Waals surface area contributed by atoms with Gasteiger partial charge in [-0.3, -0.25) is 10.1 Å². The summed E-state index contributed by atoms with van der Waals surface area (Å²) in [6, 6.07) is 4.96. The number of nitrogens with zero attached hydrogens (tertiary/aromatic N) is 1. The summed E-state index contributed by atoms with van der Waals surface area (Å²) in [5, 5.41) is 13.8. The second-order valence-electron chi connectivity index (χ2n) is 3.79. The van der Waals surface area contributed by atoms with Crippen LogP contribution in [0.1, 0.15) is 25.3 Å². The standard InChI is InChI=1S/C12H18N2O3/c1-3-4-7-17-12-8-10(9-13-2)5-6-11(12)14(15)16/h5-6,8,13H,3-4,7,9H2,1-2H3. The molecule has 0 bridgehead atoms. The second kappa shape index (κ2) is 6.85. The summed E-state index contributed by atoms with van der Waals surface area (Å²) < 4.78 is 5.46. The molecule has 0 amide bonds. The zero-order chi connectivity index (χ0) is 12.7. The maximum Gasteiger partial charge on any atom is 0.310 e. The zero-order valence-electron chi connectivity index (χ0n) is 10.2. The minimum absolute atomic E-state index is 0.0287. The first-order valence-corrected chi connectivity index (χ1v) is 5.73. The maximum absolute atomic E-state index is 10.8. The van der Waals surface area contributed by atoms with Gasteiger partial charge in [0.05, 0.1) is 11.5 Å². The molecule has 1 aromatic rings. The molecule has 0 aromatic heterocycles. The Morgan fingerprint density at radius 2 is 2.24 bits per heavy atom. The van der Waals surface area contributed by atoms with Gasteiger partial charge in [0, 0.05) is 12.6 Å². The van der Waals surface area contributed by atoms with Crippen molar-refractivity contribution in [1.82, 2.24) is 5.32 Å². The quantitative estimate of drug-likeness (QED) is 0.450. The average molecular weight is 238 g/mol. The molecule has 0 saturated heterocycles. The van der Waals surface area contributed by atoms with E-state index in [0.717, 1.165) is 18.4 Å². The molecule has 0 aliphatic rings. The summed E-state index contributed by atoms with van der Waals surface area (Å²) in [6.07, 6.45) is 1.90. The highest BCUT2D eigenvalue weighted by atomic mass is 16.6. The first-order valence-electron chi connectivity index (χ1n) is 5.73. The maximum atomic E-state index is 10.8. The molecular formula is C12H18N2O3. The smallest absolute Gasteiger partial charge is 0.310 e. The fraction of sp³-hybridized carbons (Fsp3) is 0.500. The lowest BCUT2D eigenvalue weighted by molar-refractivity contribution is -0.385. The lowest BCUT2D eigenvalue weighted by Gasteiger charge is -2.08. The van der Waals surface area contributed by atoms with E-state index in [1.54, 1.807) is 12.1 Å². The molecule has 0 spiro atoms. The van der Waals surface area contributed by atoms with Crippen molar-refractivity contribution in [3.05, 3.63) is 33.9 Å². The van der Waals surface area contributed by atoms with Gasteiger partial charge < -0.3 is 10.1 Å². The Hall–Kier alpha value is -1.62. The van der Waals surface area contributed by atoms with E-state index in [-0.39, 0.29) is 5.69 Å². The van der Waals surface area contributed by atoms with Crippen LogP contribution in [0.25, 0.3) is 0 Å². The molecule has 1 N–H and O–H groups in total. The van der Waals surface area contributed by atoms with Crippen LogP contribution in [0.3, 0.4) is 0 Å². The van der Waals surface area contributed by atoms with E-state index < -0.39 is 4.92 Å². The van der Waals surface area contributed by atoms with E-state index in [9.17, 15) is 10.1 Å². The number of rotatable bonds is 7. The van der Waals surface area contributed by atoms with Gasteiger partial charge in [-0.2, -0.15) is 0 Å². The molecule has 5 heteroatoms. The van der Waals surface area contributed by atoms with Crippen molar-refractivity contribution in [2.75, 3.05) is 13.7 Å². The highest BCUT2D eigenvalue weighted by Gasteiger charge is 2.15. The topological polar surface area (TPSA) is 64.4 Å². The van der Waals surface area contributed by atoms with Crippen molar-refractivity contribution in [2.45, 2.75) is 26.3 Å². The number of nitro groups is 1. The van der Waals surface area contributed by atoms with Gasteiger partial charge in [0.15, 0.2) is 5.75 Å². The van der Waals surface area contributed by atoms with Crippen LogP contribution in [0.4, 0.5) is 5.69 Å². The molecule has 0 unspecified atom stereocenters. The van der Waals surface area contributed by atoms with E-state index in [1.165, 1.54) is 6.07 Å². The molecule has 0 aliphatic carbocycles. The molecule has 0 atom stereocenters. The number of nitro benzene ring substituents is 1. The SMILES string of the molecule is CCCCOc1cc(CNC)ccc1[N+](=O)[O-]. The van der Waals surface area contributed by atoms with Crippen LogP contribution in [0.5, 0.6) is 5.75 Å². The summed E-state index contributed by atoms with van der Waals surface area (Å²) in [6.45, 7) is 3.23. The molecular weight excluding hydrogens is 220 g/mol. The highest BCUT2D eigenvalue weighted by molar-refractivity contribution is 5.48. The third-order valence-electron chi connectivity index (χ3n) is 2.36. The fourth-order valence-electron chi connectivity index (χ4n) is 1.47. The van der Waals surface area contributed by atoms with Crippen molar-refractivity contribution in [1.29, 1.82) is 0 Å². The van der Waals surface area contributed by atoms with Crippen molar-refractivity contribution >= 4 is 5.69 Å². The summed E-state index contributed by atoms with van der Waals surface area (Å²) in [5.74, 6) is 0.358. The van der Waals surface area contributed by atoms with E-state index in [0.29, 0.717) is 18.9 Å². The Morgan fingerprint density at radius 3 is 2.82 bits per heavy atom. The van der Waals surface area contributed by atoms with Gasteiger partial charge in [-0.25, -0.2) is 0 Å². The van der Waals surface area contributed by atoms with Gasteiger partial charge in [-0.05, 0) is 25.1 Å². The van der Waals surface area contributed by atoms with Gasteiger partial charge in [-0.1, -0.05) is 19.4 Å². The largest absolute Gasteiger partial charge is 0.487 e. The molecule has 1 aromatic carbocycles. The Balaban J connectivity index is 2.86. The molecule has 0 aliphatic heterocycles. The second-order valence-corrected chi connectivity index (χ2v) is 3.79. The Morgan fingerprint density at radius 1 is 1.47 bits per heavy atom. The molecule has 0 saturated carbocycles. The summed E-state index contributed by atoms with van der Waals surface area (Å²) in [7, 11) is 1.83. The van der Waals surface area contributed by atoms with Crippen LogP contribution in [0.15, 0.2) is 18.2 Å². The van der Waals surface area contributed by atoms with Gasteiger partial charge in [0.1, 0.15) is 0 Å². The molecule has 0 heterocycles. The van der Waals surface area contributed by atoms with E-state index >= 15 is 0 Å². The first kappa shape index (κ1) is 13.4. The highest BCUT2D eigenvalue weighted by Crippen LogP contribution is 2.28. The third-order valence-corrected chi connectivity index (χ3v) is 2.36. The normalized spacial score (nSPS) is 10.2. The minimum atomic E-state index is -0.412. The number of hydrogen-bond acceptors (Lipinski definition) is 4. The summed E-state index contributed by atoms with van der Waals surface area (Å²) >= 11 is 0. The summed E-state index contributed by atoms with van der Waals surface area (Å²) in [4.78, 5) is 10.4. The predicted octanol–water partition coefficient (Wildman–Crippen LogP) is 2.49. The molecule has 17 heavy (non-hydrogen) atoms. The van der Waals surface area contributed by atoms with Gasteiger partial charge >= 0.3 is 5.69 Å². The zero-order valence-corrected chi connectivity index (χ0v) is 10.2. The molecule has 0 fully saturated rings. The molecule has 1 rings (SSSR count). The third kappa shape index (κ3) is 4.03. The first-order chi connectivity index (χ1) is 8.19. The van der Waals surface area contributed by atoms with Gasteiger partial charge in [0.25, 0.3) is 0 Å². The number of ether oxygens (including phenoxy) is 1. The van der Waals surface area contributed by atoms with Crippen LogP contribution in [0, 0.1) is 10.1 Å². The fourth-order valence-corrected chi connectivity index (χ4v) is 1.47. The van der Waals surface area contributed by atoms with E-state index in [2.05, 4.69) is 12.2 Å². The Labute approximate surface area is 101 Å². The predicted molar refractivity (Wildman–Crippen MR) is 66.3 cm³/mol. The monoisotopic (exact) mass is 238 g/mol. The van der Waals surface area contributed by atoms with Crippen LogP contribution in [-0.4, -0.2) is 18.6 Å². The minimum Gasteiger partial charge on any atom is -0.487 e. The van der Waals surface area contributed by atoms with Crippen molar-refractivity contribution < 1.29 is 9.66 Å². The Kier molecular flexibility index (Phi) is 5.42. The average Bonchev–Trinajstić information content (AvgIpc) is 2.30. The number of benzene rings is 1. The van der Waals surface area contributed by atoms with E-state index in [1.807, 2.05) is 7.05 Å². The summed E-state index contributed by atoms with van der Waals surface area (Å²) in [5.41, 5.74) is 1.01. The molecule has 5 nitrogen and oxygen atoms in total. The van der Waals surface area contributed by atoms with Crippen molar-refractivity contribution in [2.24, 2.45) is 0 Å². The number of hydrogen-bond donors (Lipinski definition) is 1. The van der Waals surface area contributed by atoms with E-state index in [4.69, 9.17) is 4.74 Å². The van der Waals surface area contributed by atoms with Crippen LogP contribution in [0.2, 0.25) is 0 Å².